The Morgan fingerprint density at radius 3 is 2.87 bits per heavy atom. The number of nitro groups is 1. The van der Waals surface area contributed by atoms with Crippen molar-refractivity contribution >= 4 is 11.8 Å². The fourth-order valence-corrected chi connectivity index (χ4v) is 1.31. The van der Waals surface area contributed by atoms with Crippen molar-refractivity contribution in [1.82, 2.24) is 9.55 Å². The summed E-state index contributed by atoms with van der Waals surface area (Å²) in [6, 6.07) is -0.0202. The van der Waals surface area contributed by atoms with E-state index in [4.69, 9.17) is 5.73 Å². The average Bonchev–Trinajstić information content (AvgIpc) is 2.58. The lowest BCUT2D eigenvalue weighted by Gasteiger charge is -2.08. The predicted molar refractivity (Wildman–Crippen MR) is 56.8 cm³/mol. The third-order valence-electron chi connectivity index (χ3n) is 1.91. The molecule has 0 bridgehead atoms. The standard InChI is InChI=1S/C8H15N5O2/c1-6(2)12-7(13(14)15)5-11-8(12)10-4-3-9/h5-6H,3-4,9H2,1-2H3,(H,10,11). The van der Waals surface area contributed by atoms with Gasteiger partial charge in [-0.1, -0.05) is 0 Å². The molecule has 84 valence electrons. The number of imidazole rings is 1. The van der Waals surface area contributed by atoms with Gasteiger partial charge in [0.25, 0.3) is 5.95 Å². The normalized spacial score (nSPS) is 10.7. The van der Waals surface area contributed by atoms with E-state index in [1.165, 1.54) is 10.8 Å². The van der Waals surface area contributed by atoms with E-state index < -0.39 is 4.92 Å². The molecule has 0 aliphatic carbocycles. The van der Waals surface area contributed by atoms with Crippen molar-refractivity contribution in [3.8, 4) is 0 Å². The van der Waals surface area contributed by atoms with Crippen LogP contribution in [0.25, 0.3) is 0 Å². The molecule has 1 aromatic heterocycles. The van der Waals surface area contributed by atoms with Gasteiger partial charge < -0.3 is 21.2 Å². The average molecular weight is 213 g/mol. The molecule has 0 aromatic carbocycles. The molecule has 0 unspecified atom stereocenters. The van der Waals surface area contributed by atoms with E-state index in [0.29, 0.717) is 19.0 Å². The molecule has 0 atom stereocenters. The Morgan fingerprint density at radius 2 is 2.40 bits per heavy atom. The molecule has 0 saturated heterocycles. The first kappa shape index (κ1) is 11.4. The molecule has 0 fully saturated rings. The third kappa shape index (κ3) is 2.44. The van der Waals surface area contributed by atoms with Gasteiger partial charge in [0.2, 0.25) is 0 Å². The molecule has 1 heterocycles. The van der Waals surface area contributed by atoms with Crippen LogP contribution in [0, 0.1) is 10.1 Å². The highest BCUT2D eigenvalue weighted by Gasteiger charge is 2.22. The second kappa shape index (κ2) is 4.74. The summed E-state index contributed by atoms with van der Waals surface area (Å²) >= 11 is 0. The minimum absolute atomic E-state index is 0.00970. The van der Waals surface area contributed by atoms with Crippen LogP contribution >= 0.6 is 0 Å². The molecule has 15 heavy (non-hydrogen) atoms. The Balaban J connectivity index is 3.01. The Kier molecular flexibility index (Phi) is 3.62. The van der Waals surface area contributed by atoms with Gasteiger partial charge in [0.05, 0.1) is 6.04 Å². The number of nitrogens with two attached hydrogens (primary N) is 1. The summed E-state index contributed by atoms with van der Waals surface area (Å²) < 4.78 is 1.54. The van der Waals surface area contributed by atoms with Crippen molar-refractivity contribution < 1.29 is 4.92 Å². The molecule has 0 spiro atoms. The van der Waals surface area contributed by atoms with Crippen molar-refractivity contribution in [1.29, 1.82) is 0 Å². The van der Waals surface area contributed by atoms with Crippen molar-refractivity contribution in [2.45, 2.75) is 19.9 Å². The molecule has 7 heteroatoms. The summed E-state index contributed by atoms with van der Waals surface area (Å²) in [6.07, 6.45) is 1.25. The van der Waals surface area contributed by atoms with Crippen LogP contribution in [0.1, 0.15) is 19.9 Å². The van der Waals surface area contributed by atoms with Crippen LogP contribution in [-0.4, -0.2) is 27.6 Å². The fourth-order valence-electron chi connectivity index (χ4n) is 1.31. The van der Waals surface area contributed by atoms with Gasteiger partial charge in [-0.05, 0) is 18.8 Å². The van der Waals surface area contributed by atoms with E-state index in [1.807, 2.05) is 13.8 Å². The zero-order valence-corrected chi connectivity index (χ0v) is 8.80. The molecule has 1 aromatic rings. The maximum absolute atomic E-state index is 10.7. The first-order valence-corrected chi connectivity index (χ1v) is 4.73. The van der Waals surface area contributed by atoms with Crippen molar-refractivity contribution in [3.05, 3.63) is 16.3 Å². The van der Waals surface area contributed by atoms with Gasteiger partial charge in [0.15, 0.2) is 0 Å². The van der Waals surface area contributed by atoms with E-state index in [-0.39, 0.29) is 11.9 Å². The molecule has 0 amide bonds. The largest absolute Gasteiger partial charge is 0.358 e. The van der Waals surface area contributed by atoms with Crippen LogP contribution in [0.2, 0.25) is 0 Å². The Hall–Kier alpha value is -1.63. The molecular weight excluding hydrogens is 198 g/mol. The number of rotatable bonds is 5. The number of hydrogen-bond donors (Lipinski definition) is 2. The van der Waals surface area contributed by atoms with E-state index in [1.54, 1.807) is 0 Å². The lowest BCUT2D eigenvalue weighted by atomic mass is 10.4. The SMILES string of the molecule is CC(C)n1c([N+](=O)[O-])cnc1NCCN. The monoisotopic (exact) mass is 213 g/mol. The van der Waals surface area contributed by atoms with Gasteiger partial charge in [0.1, 0.15) is 6.20 Å². The lowest BCUT2D eigenvalue weighted by Crippen LogP contribution is -2.17. The highest BCUT2D eigenvalue weighted by molar-refractivity contribution is 5.36. The minimum Gasteiger partial charge on any atom is -0.358 e. The zero-order valence-electron chi connectivity index (χ0n) is 8.80. The van der Waals surface area contributed by atoms with Gasteiger partial charge in [0, 0.05) is 13.1 Å². The summed E-state index contributed by atoms with van der Waals surface area (Å²) in [6.45, 7) is 4.73. The van der Waals surface area contributed by atoms with Crippen molar-refractivity contribution in [2.75, 3.05) is 18.4 Å². The predicted octanol–water partition coefficient (Wildman–Crippen LogP) is 0.743. The summed E-state index contributed by atoms with van der Waals surface area (Å²) in [5.74, 6) is 0.478. The van der Waals surface area contributed by atoms with Gasteiger partial charge in [-0.3, -0.25) is 0 Å². The third-order valence-corrected chi connectivity index (χ3v) is 1.91. The molecule has 0 aliphatic heterocycles. The second-order valence-corrected chi connectivity index (χ2v) is 3.38. The maximum Gasteiger partial charge on any atom is 0.344 e. The second-order valence-electron chi connectivity index (χ2n) is 3.38. The highest BCUT2D eigenvalue weighted by Crippen LogP contribution is 2.23. The van der Waals surface area contributed by atoms with E-state index in [0.717, 1.165) is 0 Å². The molecule has 0 saturated carbocycles. The van der Waals surface area contributed by atoms with E-state index in [2.05, 4.69) is 10.3 Å². The highest BCUT2D eigenvalue weighted by atomic mass is 16.6. The molecule has 3 N–H and O–H groups in total. The summed E-state index contributed by atoms with van der Waals surface area (Å²) in [5, 5.41) is 13.6. The fraction of sp³-hybridized carbons (Fsp3) is 0.625. The Morgan fingerprint density at radius 1 is 1.73 bits per heavy atom. The summed E-state index contributed by atoms with van der Waals surface area (Å²) in [7, 11) is 0. The number of nitrogens with zero attached hydrogens (tertiary/aromatic N) is 3. The molecule has 1 rings (SSSR count). The zero-order chi connectivity index (χ0) is 11.4. The van der Waals surface area contributed by atoms with E-state index >= 15 is 0 Å². The van der Waals surface area contributed by atoms with Crippen LogP contribution in [0.3, 0.4) is 0 Å². The van der Waals surface area contributed by atoms with Crippen LogP contribution < -0.4 is 11.1 Å². The number of nitrogens with one attached hydrogen (secondary N) is 1. The molecular formula is C8H15N5O2. The van der Waals surface area contributed by atoms with Crippen LogP contribution in [0.4, 0.5) is 11.8 Å². The smallest absolute Gasteiger partial charge is 0.344 e. The van der Waals surface area contributed by atoms with Crippen LogP contribution in [0.15, 0.2) is 6.20 Å². The maximum atomic E-state index is 10.7. The van der Waals surface area contributed by atoms with Crippen LogP contribution in [0.5, 0.6) is 0 Å². The molecule has 0 radical (unpaired) electrons. The van der Waals surface area contributed by atoms with Gasteiger partial charge in [-0.15, -0.1) is 0 Å². The van der Waals surface area contributed by atoms with Crippen molar-refractivity contribution in [3.63, 3.8) is 0 Å². The Labute approximate surface area is 87.4 Å². The lowest BCUT2D eigenvalue weighted by molar-refractivity contribution is -0.392. The number of hydrogen-bond acceptors (Lipinski definition) is 5. The topological polar surface area (TPSA) is 99.0 Å². The first-order valence-electron chi connectivity index (χ1n) is 4.73. The number of aromatic nitrogens is 2. The van der Waals surface area contributed by atoms with Crippen molar-refractivity contribution in [2.24, 2.45) is 5.73 Å². The summed E-state index contributed by atoms with van der Waals surface area (Å²) in [5.41, 5.74) is 5.34. The van der Waals surface area contributed by atoms with Gasteiger partial charge >= 0.3 is 5.82 Å². The quantitative estimate of drug-likeness (QED) is 0.555. The van der Waals surface area contributed by atoms with E-state index in [9.17, 15) is 10.1 Å². The van der Waals surface area contributed by atoms with Gasteiger partial charge in [-0.25, -0.2) is 0 Å². The van der Waals surface area contributed by atoms with Crippen LogP contribution in [-0.2, 0) is 0 Å². The Bertz CT molecular complexity index is 347. The molecule has 7 nitrogen and oxygen atoms in total. The minimum atomic E-state index is -0.444. The first-order chi connectivity index (χ1) is 7.07. The molecule has 0 aliphatic rings. The summed E-state index contributed by atoms with van der Waals surface area (Å²) in [4.78, 5) is 14.2. The number of anilines is 1. The van der Waals surface area contributed by atoms with Gasteiger partial charge in [-0.2, -0.15) is 9.55 Å².